The normalized spacial score (nSPS) is 10.6. The first kappa shape index (κ1) is 15.3. The Balaban J connectivity index is 2.11. The fraction of sp³-hybridized carbons (Fsp3) is 0.250. The van der Waals surface area contributed by atoms with Crippen molar-refractivity contribution in [2.75, 3.05) is 6.54 Å². The van der Waals surface area contributed by atoms with Crippen LogP contribution in [0.25, 0.3) is 0 Å². The Morgan fingerprint density at radius 3 is 2.75 bits per heavy atom. The number of nitrogens with one attached hydrogen (secondary N) is 1. The minimum absolute atomic E-state index is 0.276. The Hall–Kier alpha value is -1.14. The second-order valence-electron chi connectivity index (χ2n) is 4.53. The van der Waals surface area contributed by atoms with Gasteiger partial charge in [-0.1, -0.05) is 13.0 Å². The predicted octanol–water partition coefficient (Wildman–Crippen LogP) is 4.72. The van der Waals surface area contributed by atoms with E-state index in [9.17, 15) is 4.39 Å². The molecule has 2 aromatic carbocycles. The van der Waals surface area contributed by atoms with Crippen LogP contribution >= 0.6 is 22.6 Å². The molecule has 4 heteroatoms. The topological polar surface area (TPSA) is 21.3 Å². The zero-order valence-corrected chi connectivity index (χ0v) is 13.5. The molecule has 1 N–H and O–H groups in total. The van der Waals surface area contributed by atoms with Crippen LogP contribution in [0.5, 0.6) is 11.5 Å². The second kappa shape index (κ2) is 7.59. The van der Waals surface area contributed by atoms with E-state index in [1.54, 1.807) is 0 Å². The number of halogens is 2. The first-order valence-electron chi connectivity index (χ1n) is 6.61. The molecule has 0 spiro atoms. The van der Waals surface area contributed by atoms with Gasteiger partial charge in [0, 0.05) is 16.2 Å². The molecule has 0 bridgehead atoms. The summed E-state index contributed by atoms with van der Waals surface area (Å²) in [7, 11) is 0. The molecule has 20 heavy (non-hydrogen) atoms. The van der Waals surface area contributed by atoms with Gasteiger partial charge in [-0.3, -0.25) is 0 Å². The van der Waals surface area contributed by atoms with Crippen molar-refractivity contribution in [3.8, 4) is 11.5 Å². The van der Waals surface area contributed by atoms with Crippen molar-refractivity contribution in [1.82, 2.24) is 5.32 Å². The zero-order chi connectivity index (χ0) is 14.4. The summed E-state index contributed by atoms with van der Waals surface area (Å²) < 4.78 is 20.4. The molecule has 2 nitrogen and oxygen atoms in total. The van der Waals surface area contributed by atoms with E-state index in [1.165, 1.54) is 12.1 Å². The van der Waals surface area contributed by atoms with Crippen LogP contribution in [0.2, 0.25) is 0 Å². The van der Waals surface area contributed by atoms with Crippen molar-refractivity contribution in [3.63, 3.8) is 0 Å². The highest BCUT2D eigenvalue weighted by Crippen LogP contribution is 2.24. The van der Waals surface area contributed by atoms with E-state index in [1.807, 2.05) is 30.3 Å². The Morgan fingerprint density at radius 1 is 1.15 bits per heavy atom. The average molecular weight is 385 g/mol. The summed E-state index contributed by atoms with van der Waals surface area (Å²) in [6.07, 6.45) is 1.06. The van der Waals surface area contributed by atoms with Gasteiger partial charge in [-0.25, -0.2) is 4.39 Å². The molecule has 0 aliphatic rings. The van der Waals surface area contributed by atoms with Crippen molar-refractivity contribution < 1.29 is 9.13 Å². The Labute approximate surface area is 132 Å². The van der Waals surface area contributed by atoms with E-state index in [0.29, 0.717) is 12.3 Å². The van der Waals surface area contributed by atoms with Crippen molar-refractivity contribution in [2.45, 2.75) is 19.9 Å². The molecule has 0 aliphatic heterocycles. The molecule has 0 atom stereocenters. The van der Waals surface area contributed by atoms with Gasteiger partial charge in [-0.05, 0) is 71.5 Å². The molecule has 0 amide bonds. The summed E-state index contributed by atoms with van der Waals surface area (Å²) in [4.78, 5) is 0. The van der Waals surface area contributed by atoms with E-state index in [-0.39, 0.29) is 5.82 Å². The molecule has 0 radical (unpaired) electrons. The summed E-state index contributed by atoms with van der Waals surface area (Å²) in [5, 5.41) is 3.26. The Bertz CT molecular complexity index is 574. The van der Waals surface area contributed by atoms with E-state index in [2.05, 4.69) is 34.8 Å². The summed E-state index contributed by atoms with van der Waals surface area (Å²) in [6.45, 7) is 3.67. The average Bonchev–Trinajstić information content (AvgIpc) is 2.38. The molecule has 0 unspecified atom stereocenters. The first-order chi connectivity index (χ1) is 9.67. The van der Waals surface area contributed by atoms with Crippen LogP contribution in [0.3, 0.4) is 0 Å². The van der Waals surface area contributed by atoms with E-state index < -0.39 is 0 Å². The second-order valence-corrected chi connectivity index (χ2v) is 5.78. The number of benzene rings is 2. The van der Waals surface area contributed by atoms with Gasteiger partial charge in [0.05, 0.1) is 0 Å². The minimum atomic E-state index is -0.276. The lowest BCUT2D eigenvalue weighted by Gasteiger charge is -2.09. The van der Waals surface area contributed by atoms with Gasteiger partial charge in [0.1, 0.15) is 17.3 Å². The molecule has 0 aromatic heterocycles. The number of hydrogen-bond donors (Lipinski definition) is 1. The molecule has 106 valence electrons. The van der Waals surface area contributed by atoms with Gasteiger partial charge < -0.3 is 10.1 Å². The number of rotatable bonds is 6. The first-order valence-corrected chi connectivity index (χ1v) is 7.69. The summed E-state index contributed by atoms with van der Waals surface area (Å²) in [5.74, 6) is 0.969. The van der Waals surface area contributed by atoms with Crippen molar-refractivity contribution in [2.24, 2.45) is 0 Å². The van der Waals surface area contributed by atoms with Gasteiger partial charge >= 0.3 is 0 Å². The SMILES string of the molecule is CCCNCc1cc(F)cc(Oc2cccc(I)c2)c1. The van der Waals surface area contributed by atoms with Crippen molar-refractivity contribution in [3.05, 3.63) is 57.4 Å². The van der Waals surface area contributed by atoms with Crippen molar-refractivity contribution >= 4 is 22.6 Å². The van der Waals surface area contributed by atoms with Crippen LogP contribution in [0.4, 0.5) is 4.39 Å². The van der Waals surface area contributed by atoms with Gasteiger partial charge in [-0.2, -0.15) is 0 Å². The highest BCUT2D eigenvalue weighted by molar-refractivity contribution is 14.1. The van der Waals surface area contributed by atoms with Crippen LogP contribution in [0.15, 0.2) is 42.5 Å². The van der Waals surface area contributed by atoms with Crippen LogP contribution in [0, 0.1) is 9.39 Å². The number of hydrogen-bond acceptors (Lipinski definition) is 2. The summed E-state index contributed by atoms with van der Waals surface area (Å²) >= 11 is 2.22. The molecule has 0 fully saturated rings. The van der Waals surface area contributed by atoms with E-state index in [0.717, 1.165) is 27.8 Å². The molecule has 2 aromatic rings. The summed E-state index contributed by atoms with van der Waals surface area (Å²) in [5.41, 5.74) is 0.888. The monoisotopic (exact) mass is 385 g/mol. The standard InChI is InChI=1S/C16H17FINO/c1-2-6-19-11-12-7-13(17)9-16(8-12)20-15-5-3-4-14(18)10-15/h3-5,7-10,19H,2,6,11H2,1H3. The molecule has 0 heterocycles. The number of ether oxygens (including phenoxy) is 1. The molecule has 2 rings (SSSR count). The van der Waals surface area contributed by atoms with Gasteiger partial charge in [0.25, 0.3) is 0 Å². The van der Waals surface area contributed by atoms with Gasteiger partial charge in [-0.15, -0.1) is 0 Å². The molecule has 0 saturated carbocycles. The quantitative estimate of drug-likeness (QED) is 0.574. The molecule has 0 saturated heterocycles. The van der Waals surface area contributed by atoms with Crippen LogP contribution in [-0.4, -0.2) is 6.54 Å². The van der Waals surface area contributed by atoms with Gasteiger partial charge in [0.2, 0.25) is 0 Å². The van der Waals surface area contributed by atoms with Crippen LogP contribution in [-0.2, 0) is 6.54 Å². The lowest BCUT2D eigenvalue weighted by molar-refractivity contribution is 0.474. The van der Waals surface area contributed by atoms with Gasteiger partial charge in [0.15, 0.2) is 0 Å². The maximum absolute atomic E-state index is 13.6. The lowest BCUT2D eigenvalue weighted by atomic mass is 10.2. The predicted molar refractivity (Wildman–Crippen MR) is 87.6 cm³/mol. The third kappa shape index (κ3) is 4.76. The minimum Gasteiger partial charge on any atom is -0.457 e. The maximum atomic E-state index is 13.6. The Kier molecular flexibility index (Phi) is 5.79. The Morgan fingerprint density at radius 2 is 2.00 bits per heavy atom. The third-order valence-electron chi connectivity index (χ3n) is 2.72. The van der Waals surface area contributed by atoms with Crippen LogP contribution < -0.4 is 10.1 Å². The smallest absolute Gasteiger partial charge is 0.130 e. The highest BCUT2D eigenvalue weighted by Gasteiger charge is 2.04. The summed E-state index contributed by atoms with van der Waals surface area (Å²) in [6, 6.07) is 12.5. The molecular formula is C16H17FINO. The largest absolute Gasteiger partial charge is 0.457 e. The van der Waals surface area contributed by atoms with Crippen molar-refractivity contribution in [1.29, 1.82) is 0 Å². The van der Waals surface area contributed by atoms with E-state index in [4.69, 9.17) is 4.74 Å². The molecular weight excluding hydrogens is 368 g/mol. The zero-order valence-electron chi connectivity index (χ0n) is 11.3. The fourth-order valence-corrected chi connectivity index (χ4v) is 2.37. The maximum Gasteiger partial charge on any atom is 0.130 e. The third-order valence-corrected chi connectivity index (χ3v) is 3.39. The van der Waals surface area contributed by atoms with E-state index >= 15 is 0 Å². The van der Waals surface area contributed by atoms with Crippen LogP contribution in [0.1, 0.15) is 18.9 Å². The lowest BCUT2D eigenvalue weighted by Crippen LogP contribution is -2.13. The molecule has 0 aliphatic carbocycles. The fourth-order valence-electron chi connectivity index (χ4n) is 1.86. The highest BCUT2D eigenvalue weighted by atomic mass is 127.